The maximum absolute atomic E-state index is 2.27. The fraction of sp³-hybridized carbons (Fsp3) is 0.143. The number of hydrogen-bond acceptors (Lipinski definition) is 2. The van der Waals surface area contributed by atoms with Crippen LogP contribution in [0.2, 0.25) is 0 Å². The third-order valence-electron chi connectivity index (χ3n) is 2.49. The summed E-state index contributed by atoms with van der Waals surface area (Å²) in [4.78, 5) is 2.71. The van der Waals surface area contributed by atoms with Crippen LogP contribution in [0.25, 0.3) is 11.1 Å². The average molecular weight is 246 g/mol. The first-order valence-corrected chi connectivity index (χ1v) is 7.57. The van der Waals surface area contributed by atoms with Crippen LogP contribution in [0.5, 0.6) is 0 Å². The molecule has 0 radical (unpaired) electrons. The molecule has 0 amide bonds. The Bertz CT molecular complexity index is 463. The number of thioether (sulfide) groups is 2. The first-order valence-electron chi connectivity index (χ1n) is 5.12. The van der Waals surface area contributed by atoms with Gasteiger partial charge in [0.05, 0.1) is 0 Å². The van der Waals surface area contributed by atoms with E-state index in [4.69, 9.17) is 0 Å². The Morgan fingerprint density at radius 3 is 2.00 bits per heavy atom. The minimum atomic E-state index is 1.28. The molecular weight excluding hydrogens is 232 g/mol. The molecule has 82 valence electrons. The first kappa shape index (κ1) is 11.6. The first-order chi connectivity index (χ1) is 7.85. The van der Waals surface area contributed by atoms with Crippen LogP contribution in [0.15, 0.2) is 58.3 Å². The Labute approximate surface area is 105 Å². The predicted octanol–water partition coefficient (Wildman–Crippen LogP) is 4.80. The highest BCUT2D eigenvalue weighted by Crippen LogP contribution is 2.32. The molecule has 0 saturated heterocycles. The fourth-order valence-electron chi connectivity index (χ4n) is 1.65. The summed E-state index contributed by atoms with van der Waals surface area (Å²) >= 11 is 3.61. The van der Waals surface area contributed by atoms with Gasteiger partial charge in [-0.2, -0.15) is 0 Å². The van der Waals surface area contributed by atoms with E-state index in [0.717, 1.165) is 0 Å². The molecule has 0 N–H and O–H groups in total. The van der Waals surface area contributed by atoms with Crippen LogP contribution < -0.4 is 0 Å². The van der Waals surface area contributed by atoms with E-state index in [2.05, 4.69) is 61.0 Å². The molecule has 0 nitrogen and oxygen atoms in total. The van der Waals surface area contributed by atoms with E-state index >= 15 is 0 Å². The van der Waals surface area contributed by atoms with E-state index in [0.29, 0.717) is 0 Å². The highest BCUT2D eigenvalue weighted by atomic mass is 32.2. The quantitative estimate of drug-likeness (QED) is 0.714. The smallest absolute Gasteiger partial charge is 0.0211 e. The van der Waals surface area contributed by atoms with Crippen molar-refractivity contribution >= 4 is 23.5 Å². The minimum Gasteiger partial charge on any atom is -0.128 e. The van der Waals surface area contributed by atoms with Crippen LogP contribution in [-0.2, 0) is 0 Å². The molecule has 0 aliphatic carbocycles. The second kappa shape index (κ2) is 5.46. The van der Waals surface area contributed by atoms with Gasteiger partial charge in [0.15, 0.2) is 0 Å². The van der Waals surface area contributed by atoms with E-state index < -0.39 is 0 Å². The minimum absolute atomic E-state index is 1.28. The Balaban J connectivity index is 2.44. The van der Waals surface area contributed by atoms with E-state index in [-0.39, 0.29) is 0 Å². The van der Waals surface area contributed by atoms with E-state index in [1.165, 1.54) is 20.9 Å². The molecule has 2 heteroatoms. The zero-order chi connectivity index (χ0) is 11.4. The van der Waals surface area contributed by atoms with Gasteiger partial charge in [0, 0.05) is 9.79 Å². The summed E-state index contributed by atoms with van der Waals surface area (Å²) in [6, 6.07) is 17.2. The van der Waals surface area contributed by atoms with Gasteiger partial charge in [0.25, 0.3) is 0 Å². The maximum atomic E-state index is 2.27. The van der Waals surface area contributed by atoms with Crippen LogP contribution in [-0.4, -0.2) is 12.5 Å². The number of benzene rings is 2. The van der Waals surface area contributed by atoms with Gasteiger partial charge in [0.2, 0.25) is 0 Å². The molecule has 0 bridgehead atoms. The number of rotatable bonds is 3. The molecule has 0 aliphatic heterocycles. The highest BCUT2D eigenvalue weighted by molar-refractivity contribution is 8.01. The molecule has 0 atom stereocenters. The zero-order valence-corrected chi connectivity index (χ0v) is 11.1. The summed E-state index contributed by atoms with van der Waals surface area (Å²) in [5.74, 6) is 0. The van der Waals surface area contributed by atoms with Gasteiger partial charge in [0.1, 0.15) is 0 Å². The molecule has 0 heterocycles. The fourth-order valence-corrected chi connectivity index (χ4v) is 3.12. The lowest BCUT2D eigenvalue weighted by molar-refractivity contribution is 1.26. The monoisotopic (exact) mass is 246 g/mol. The van der Waals surface area contributed by atoms with E-state index in [1.807, 2.05) is 11.8 Å². The van der Waals surface area contributed by atoms with E-state index in [1.54, 1.807) is 11.8 Å². The van der Waals surface area contributed by atoms with Crippen molar-refractivity contribution in [2.75, 3.05) is 12.5 Å². The van der Waals surface area contributed by atoms with Crippen molar-refractivity contribution in [2.45, 2.75) is 9.79 Å². The van der Waals surface area contributed by atoms with E-state index in [9.17, 15) is 0 Å². The van der Waals surface area contributed by atoms with Gasteiger partial charge in [-0.25, -0.2) is 0 Å². The van der Waals surface area contributed by atoms with Crippen molar-refractivity contribution in [3.63, 3.8) is 0 Å². The molecule has 0 aromatic heterocycles. The molecule has 16 heavy (non-hydrogen) atoms. The molecular formula is C14H14S2. The maximum Gasteiger partial charge on any atom is 0.0211 e. The molecule has 0 fully saturated rings. The second-order valence-corrected chi connectivity index (χ2v) is 5.13. The van der Waals surface area contributed by atoms with Gasteiger partial charge < -0.3 is 0 Å². The predicted molar refractivity (Wildman–Crippen MR) is 75.4 cm³/mol. The lowest BCUT2D eigenvalue weighted by Gasteiger charge is -2.08. The molecule has 0 unspecified atom stereocenters. The Morgan fingerprint density at radius 2 is 1.38 bits per heavy atom. The summed E-state index contributed by atoms with van der Waals surface area (Å²) in [5, 5.41) is 0. The van der Waals surface area contributed by atoms with Gasteiger partial charge >= 0.3 is 0 Å². The van der Waals surface area contributed by atoms with Crippen molar-refractivity contribution in [1.82, 2.24) is 0 Å². The normalized spacial score (nSPS) is 10.4. The molecule has 0 saturated carbocycles. The van der Waals surface area contributed by atoms with Crippen LogP contribution in [0.4, 0.5) is 0 Å². The molecule has 2 aromatic rings. The van der Waals surface area contributed by atoms with Crippen molar-refractivity contribution in [1.29, 1.82) is 0 Å². The third kappa shape index (κ3) is 2.45. The van der Waals surface area contributed by atoms with Crippen LogP contribution in [0.3, 0.4) is 0 Å². The summed E-state index contributed by atoms with van der Waals surface area (Å²) in [5.41, 5.74) is 2.58. The van der Waals surface area contributed by atoms with Crippen LogP contribution >= 0.6 is 23.5 Å². The summed E-state index contributed by atoms with van der Waals surface area (Å²) in [6.45, 7) is 0. The molecule has 2 rings (SSSR count). The van der Waals surface area contributed by atoms with Crippen LogP contribution in [0, 0.1) is 0 Å². The second-order valence-electron chi connectivity index (χ2n) is 3.44. The zero-order valence-electron chi connectivity index (χ0n) is 9.44. The Kier molecular flexibility index (Phi) is 3.97. The van der Waals surface area contributed by atoms with Crippen molar-refractivity contribution in [3.05, 3.63) is 48.5 Å². The van der Waals surface area contributed by atoms with Crippen LogP contribution in [0.1, 0.15) is 0 Å². The van der Waals surface area contributed by atoms with Gasteiger partial charge in [-0.15, -0.1) is 23.5 Å². The summed E-state index contributed by atoms with van der Waals surface area (Å²) in [6.07, 6.45) is 4.25. The largest absolute Gasteiger partial charge is 0.128 e. The lowest BCUT2D eigenvalue weighted by atomic mass is 10.1. The van der Waals surface area contributed by atoms with Crippen molar-refractivity contribution < 1.29 is 0 Å². The standard InChI is InChI=1S/C14H14S2/c1-15-13-9-8-12(10-14(13)16-2)11-6-4-3-5-7-11/h3-10H,1-2H3. The van der Waals surface area contributed by atoms with Crippen molar-refractivity contribution in [2.24, 2.45) is 0 Å². The Hall–Kier alpha value is -0.860. The van der Waals surface area contributed by atoms with Crippen molar-refractivity contribution in [3.8, 4) is 11.1 Å². The summed E-state index contributed by atoms with van der Waals surface area (Å²) < 4.78 is 0. The highest BCUT2D eigenvalue weighted by Gasteiger charge is 2.03. The Morgan fingerprint density at radius 1 is 0.688 bits per heavy atom. The molecule has 0 spiro atoms. The van der Waals surface area contributed by atoms with Gasteiger partial charge in [-0.3, -0.25) is 0 Å². The topological polar surface area (TPSA) is 0 Å². The lowest BCUT2D eigenvalue weighted by Crippen LogP contribution is -1.81. The van der Waals surface area contributed by atoms with Gasteiger partial charge in [-0.1, -0.05) is 36.4 Å². The molecule has 0 aliphatic rings. The average Bonchev–Trinajstić information content (AvgIpc) is 2.39. The SMILES string of the molecule is CSc1ccc(-c2ccccc2)cc1SC. The third-order valence-corrected chi connectivity index (χ3v) is 4.19. The number of hydrogen-bond donors (Lipinski definition) is 0. The molecule has 2 aromatic carbocycles. The summed E-state index contributed by atoms with van der Waals surface area (Å²) in [7, 11) is 0. The van der Waals surface area contributed by atoms with Gasteiger partial charge in [-0.05, 0) is 35.8 Å².